The molecule has 0 saturated heterocycles. The number of carbonyl (C=O) groups is 1. The lowest BCUT2D eigenvalue weighted by molar-refractivity contribution is -0.141. The number of carboxylic acid groups (broad SMARTS) is 1. The van der Waals surface area contributed by atoms with E-state index >= 15 is 0 Å². The zero-order chi connectivity index (χ0) is 13.9. The lowest BCUT2D eigenvalue weighted by Gasteiger charge is -2.16. The molecule has 0 heterocycles. The smallest absolute Gasteiger partial charge is 0.332 e. The normalized spacial score (nSPS) is 13.7. The van der Waals surface area contributed by atoms with Gasteiger partial charge in [-0.15, -0.1) is 0 Å². The number of alkyl halides is 4. The Morgan fingerprint density at radius 2 is 1.78 bits per heavy atom. The van der Waals surface area contributed by atoms with Crippen LogP contribution in [0.1, 0.15) is 18.1 Å². The first-order chi connectivity index (χ1) is 8.25. The SMILES string of the molecule is CC(Cc1ccc(C(F)(F)C(F)F)cc1)C(=O)O. The fourth-order valence-corrected chi connectivity index (χ4v) is 1.43. The van der Waals surface area contributed by atoms with Gasteiger partial charge < -0.3 is 5.11 Å². The molecule has 1 rings (SSSR count). The second kappa shape index (κ2) is 5.37. The highest BCUT2D eigenvalue weighted by Crippen LogP contribution is 2.34. The van der Waals surface area contributed by atoms with E-state index in [1.165, 1.54) is 19.1 Å². The maximum absolute atomic E-state index is 13.0. The Morgan fingerprint density at radius 3 is 2.17 bits per heavy atom. The number of aliphatic carboxylic acids is 1. The van der Waals surface area contributed by atoms with Gasteiger partial charge in [-0.1, -0.05) is 31.2 Å². The third kappa shape index (κ3) is 3.21. The largest absolute Gasteiger partial charge is 0.481 e. The van der Waals surface area contributed by atoms with Crippen molar-refractivity contribution in [2.75, 3.05) is 0 Å². The van der Waals surface area contributed by atoms with Crippen LogP contribution in [-0.2, 0) is 17.1 Å². The van der Waals surface area contributed by atoms with Crippen molar-refractivity contribution in [1.82, 2.24) is 0 Å². The van der Waals surface area contributed by atoms with Crippen LogP contribution in [0.25, 0.3) is 0 Å². The van der Waals surface area contributed by atoms with Crippen LogP contribution < -0.4 is 0 Å². The highest BCUT2D eigenvalue weighted by atomic mass is 19.3. The van der Waals surface area contributed by atoms with Gasteiger partial charge in [0.2, 0.25) is 0 Å². The van der Waals surface area contributed by atoms with Crippen LogP contribution in [-0.4, -0.2) is 17.5 Å². The molecule has 1 atom stereocenters. The maximum atomic E-state index is 13.0. The molecule has 0 aliphatic heterocycles. The summed E-state index contributed by atoms with van der Waals surface area (Å²) in [6, 6.07) is 4.28. The molecule has 0 amide bonds. The van der Waals surface area contributed by atoms with Gasteiger partial charge >= 0.3 is 18.3 Å². The fourth-order valence-electron chi connectivity index (χ4n) is 1.43. The van der Waals surface area contributed by atoms with E-state index in [1.807, 2.05) is 0 Å². The molecular weight excluding hydrogens is 252 g/mol. The Balaban J connectivity index is 2.84. The first-order valence-corrected chi connectivity index (χ1v) is 5.23. The van der Waals surface area contributed by atoms with Gasteiger partial charge in [0.1, 0.15) is 0 Å². The quantitative estimate of drug-likeness (QED) is 0.828. The van der Waals surface area contributed by atoms with Gasteiger partial charge in [0.25, 0.3) is 0 Å². The molecule has 0 spiro atoms. The van der Waals surface area contributed by atoms with E-state index < -0.39 is 29.8 Å². The van der Waals surface area contributed by atoms with E-state index in [0.29, 0.717) is 5.56 Å². The van der Waals surface area contributed by atoms with Gasteiger partial charge in [-0.05, 0) is 12.0 Å². The molecule has 0 radical (unpaired) electrons. The Labute approximate surface area is 101 Å². The molecule has 0 fully saturated rings. The molecule has 2 nitrogen and oxygen atoms in total. The summed E-state index contributed by atoms with van der Waals surface area (Å²) in [5.41, 5.74) is -0.261. The summed E-state index contributed by atoms with van der Waals surface area (Å²) in [5.74, 6) is -5.85. The standard InChI is InChI=1S/C12H12F4O2/c1-7(10(17)18)6-8-2-4-9(5-3-8)12(15,16)11(13)14/h2-5,7,11H,6H2,1H3,(H,17,18). The number of halogens is 4. The topological polar surface area (TPSA) is 37.3 Å². The monoisotopic (exact) mass is 264 g/mol. The zero-order valence-electron chi connectivity index (χ0n) is 9.54. The van der Waals surface area contributed by atoms with Gasteiger partial charge in [-0.25, -0.2) is 8.78 Å². The van der Waals surface area contributed by atoms with Crippen molar-refractivity contribution in [2.45, 2.75) is 25.7 Å². The molecule has 0 bridgehead atoms. The van der Waals surface area contributed by atoms with Gasteiger partial charge in [-0.3, -0.25) is 4.79 Å². The second-order valence-electron chi connectivity index (χ2n) is 4.06. The van der Waals surface area contributed by atoms with Gasteiger partial charge in [0.15, 0.2) is 0 Å². The average Bonchev–Trinajstić information content (AvgIpc) is 2.29. The lowest BCUT2D eigenvalue weighted by atomic mass is 9.99. The lowest BCUT2D eigenvalue weighted by Crippen LogP contribution is -2.23. The highest BCUT2D eigenvalue weighted by Gasteiger charge is 2.42. The van der Waals surface area contributed by atoms with E-state index in [4.69, 9.17) is 5.11 Å². The zero-order valence-corrected chi connectivity index (χ0v) is 9.54. The van der Waals surface area contributed by atoms with Gasteiger partial charge in [-0.2, -0.15) is 8.78 Å². The van der Waals surface area contributed by atoms with E-state index in [-0.39, 0.29) is 6.42 Å². The van der Waals surface area contributed by atoms with E-state index in [1.54, 1.807) is 0 Å². The third-order valence-electron chi connectivity index (χ3n) is 2.58. The van der Waals surface area contributed by atoms with Crippen molar-refractivity contribution in [2.24, 2.45) is 5.92 Å². The van der Waals surface area contributed by atoms with Crippen LogP contribution in [0.5, 0.6) is 0 Å². The van der Waals surface area contributed by atoms with Crippen molar-refractivity contribution >= 4 is 5.97 Å². The van der Waals surface area contributed by atoms with Crippen LogP contribution in [0.15, 0.2) is 24.3 Å². The van der Waals surface area contributed by atoms with Crippen molar-refractivity contribution < 1.29 is 27.5 Å². The van der Waals surface area contributed by atoms with Crippen molar-refractivity contribution in [1.29, 1.82) is 0 Å². The molecule has 1 unspecified atom stereocenters. The molecule has 1 N–H and O–H groups in total. The molecule has 1 aromatic rings. The fraction of sp³-hybridized carbons (Fsp3) is 0.417. The average molecular weight is 264 g/mol. The Morgan fingerprint density at radius 1 is 1.28 bits per heavy atom. The molecule has 0 aromatic heterocycles. The van der Waals surface area contributed by atoms with E-state index in [0.717, 1.165) is 12.1 Å². The number of carboxylic acids is 1. The predicted molar refractivity (Wildman–Crippen MR) is 56.8 cm³/mol. The summed E-state index contributed by atoms with van der Waals surface area (Å²) in [7, 11) is 0. The van der Waals surface area contributed by atoms with Crippen LogP contribution in [0.2, 0.25) is 0 Å². The molecular formula is C12H12F4O2. The Bertz CT molecular complexity index is 415. The number of hydrogen-bond acceptors (Lipinski definition) is 1. The van der Waals surface area contributed by atoms with Crippen LogP contribution >= 0.6 is 0 Å². The summed E-state index contributed by atoms with van der Waals surface area (Å²) < 4.78 is 50.1. The number of rotatable bonds is 5. The summed E-state index contributed by atoms with van der Waals surface area (Å²) in [4.78, 5) is 10.6. The van der Waals surface area contributed by atoms with Crippen LogP contribution in [0, 0.1) is 5.92 Å². The minimum absolute atomic E-state index is 0.163. The second-order valence-corrected chi connectivity index (χ2v) is 4.06. The van der Waals surface area contributed by atoms with E-state index in [9.17, 15) is 22.4 Å². The van der Waals surface area contributed by atoms with Crippen LogP contribution in [0.4, 0.5) is 17.6 Å². The first-order valence-electron chi connectivity index (χ1n) is 5.23. The number of hydrogen-bond donors (Lipinski definition) is 1. The third-order valence-corrected chi connectivity index (χ3v) is 2.58. The van der Waals surface area contributed by atoms with Crippen LogP contribution in [0.3, 0.4) is 0 Å². The first kappa shape index (κ1) is 14.5. The minimum Gasteiger partial charge on any atom is -0.481 e. The van der Waals surface area contributed by atoms with Crippen molar-refractivity contribution in [3.05, 3.63) is 35.4 Å². The summed E-state index contributed by atoms with van der Waals surface area (Å²) in [6.07, 6.45) is -3.60. The molecule has 6 heteroatoms. The summed E-state index contributed by atoms with van der Waals surface area (Å²) in [5, 5.41) is 8.68. The van der Waals surface area contributed by atoms with Gasteiger partial charge in [0, 0.05) is 5.56 Å². The van der Waals surface area contributed by atoms with Crippen molar-refractivity contribution in [3.63, 3.8) is 0 Å². The Hall–Kier alpha value is -1.59. The summed E-state index contributed by atoms with van der Waals surface area (Å²) in [6.45, 7) is 1.48. The molecule has 0 saturated carbocycles. The van der Waals surface area contributed by atoms with Crippen molar-refractivity contribution in [3.8, 4) is 0 Å². The molecule has 1 aromatic carbocycles. The molecule has 100 valence electrons. The highest BCUT2D eigenvalue weighted by molar-refractivity contribution is 5.69. The predicted octanol–water partition coefficient (Wildman–Crippen LogP) is 3.31. The molecule has 0 aliphatic carbocycles. The minimum atomic E-state index is -4.18. The number of benzene rings is 1. The molecule has 0 aliphatic rings. The molecule has 18 heavy (non-hydrogen) atoms. The van der Waals surface area contributed by atoms with E-state index in [2.05, 4.69) is 0 Å². The Kier molecular flexibility index (Phi) is 4.32. The van der Waals surface area contributed by atoms with Gasteiger partial charge in [0.05, 0.1) is 5.92 Å². The maximum Gasteiger partial charge on any atom is 0.332 e. The summed E-state index contributed by atoms with van der Waals surface area (Å²) >= 11 is 0.